The van der Waals surface area contributed by atoms with Crippen LogP contribution in [0, 0.1) is 6.92 Å². The van der Waals surface area contributed by atoms with Gasteiger partial charge in [0.25, 0.3) is 0 Å². The lowest BCUT2D eigenvalue weighted by atomic mass is 10.0. The van der Waals surface area contributed by atoms with Gasteiger partial charge in [0.05, 0.1) is 16.2 Å². The van der Waals surface area contributed by atoms with E-state index in [2.05, 4.69) is 35.0 Å². The monoisotopic (exact) mass is 350 g/mol. The zero-order chi connectivity index (χ0) is 14.4. The first-order valence-corrected chi connectivity index (χ1v) is 7.99. The van der Waals surface area contributed by atoms with Gasteiger partial charge in [-0.2, -0.15) is 0 Å². The molecule has 0 radical (unpaired) electrons. The minimum atomic E-state index is -0.142. The second-order valence-corrected chi connectivity index (χ2v) is 7.50. The Balaban J connectivity index is 1.96. The first-order chi connectivity index (χ1) is 9.47. The molecule has 5 heteroatoms. The van der Waals surface area contributed by atoms with Crippen molar-refractivity contribution in [3.05, 3.63) is 49.6 Å². The Morgan fingerprint density at radius 2 is 2.15 bits per heavy atom. The molecule has 1 atom stereocenters. The summed E-state index contributed by atoms with van der Waals surface area (Å²) in [6.45, 7) is 2.06. The molecule has 20 heavy (non-hydrogen) atoms. The van der Waals surface area contributed by atoms with Crippen LogP contribution in [0.1, 0.15) is 27.6 Å². The number of thiophene rings is 1. The highest BCUT2D eigenvalue weighted by Crippen LogP contribution is 2.35. The molecular weight excluding hydrogens is 336 g/mol. The van der Waals surface area contributed by atoms with Gasteiger partial charge in [-0.1, -0.05) is 12.1 Å². The second kappa shape index (κ2) is 4.98. The summed E-state index contributed by atoms with van der Waals surface area (Å²) < 4.78 is 1.12. The zero-order valence-corrected chi connectivity index (χ0v) is 13.7. The maximum Gasteiger partial charge on any atom is 0.231 e. The lowest BCUT2D eigenvalue weighted by molar-refractivity contribution is -0.117. The zero-order valence-electron chi connectivity index (χ0n) is 11.3. The Bertz CT molecular complexity index is 676. The van der Waals surface area contributed by atoms with Gasteiger partial charge in [0.2, 0.25) is 5.91 Å². The van der Waals surface area contributed by atoms with Crippen molar-refractivity contribution in [2.75, 3.05) is 11.9 Å². The molecule has 3 rings (SSSR count). The number of amides is 1. The lowest BCUT2D eigenvalue weighted by Crippen LogP contribution is -2.20. The fourth-order valence-corrected chi connectivity index (χ4v) is 4.09. The van der Waals surface area contributed by atoms with E-state index in [0.717, 1.165) is 25.5 Å². The van der Waals surface area contributed by atoms with Crippen molar-refractivity contribution in [2.24, 2.45) is 5.73 Å². The van der Waals surface area contributed by atoms with Crippen LogP contribution in [0.25, 0.3) is 0 Å². The molecule has 2 N–H and O–H groups in total. The van der Waals surface area contributed by atoms with Crippen LogP contribution < -0.4 is 10.6 Å². The number of rotatable bonds is 2. The second-order valence-electron chi connectivity index (χ2n) is 5.10. The van der Waals surface area contributed by atoms with E-state index in [4.69, 9.17) is 5.73 Å². The fourth-order valence-electron chi connectivity index (χ4n) is 2.48. The summed E-state index contributed by atoms with van der Waals surface area (Å²) in [7, 11) is 1.81. The summed E-state index contributed by atoms with van der Waals surface area (Å²) in [5.74, 6) is 0.139. The molecule has 0 saturated heterocycles. The maximum absolute atomic E-state index is 11.7. The van der Waals surface area contributed by atoms with Crippen LogP contribution in [-0.2, 0) is 11.2 Å². The number of halogens is 1. The van der Waals surface area contributed by atoms with Crippen molar-refractivity contribution in [3.8, 4) is 0 Å². The highest BCUT2D eigenvalue weighted by molar-refractivity contribution is 9.11. The van der Waals surface area contributed by atoms with Gasteiger partial charge in [-0.25, -0.2) is 0 Å². The van der Waals surface area contributed by atoms with Crippen molar-refractivity contribution < 1.29 is 4.79 Å². The minimum absolute atomic E-state index is 0.139. The summed E-state index contributed by atoms with van der Waals surface area (Å²) in [5.41, 5.74) is 10.7. The molecule has 0 aliphatic carbocycles. The SMILES string of the molecule is Cc1cc(C(N)c2ccc3c(c2)CC(=O)N3C)sc1Br. The molecule has 1 aliphatic rings. The van der Waals surface area contributed by atoms with Gasteiger partial charge >= 0.3 is 0 Å². The van der Waals surface area contributed by atoms with Crippen LogP contribution in [0.15, 0.2) is 28.1 Å². The van der Waals surface area contributed by atoms with Crippen molar-refractivity contribution >= 4 is 38.9 Å². The van der Waals surface area contributed by atoms with Crippen LogP contribution in [0.4, 0.5) is 5.69 Å². The molecule has 104 valence electrons. The summed E-state index contributed by atoms with van der Waals surface area (Å²) in [6, 6.07) is 8.04. The molecule has 2 aromatic rings. The number of aryl methyl sites for hydroxylation is 1. The molecule has 0 saturated carbocycles. The molecule has 0 bridgehead atoms. The van der Waals surface area contributed by atoms with E-state index in [-0.39, 0.29) is 11.9 Å². The number of carbonyl (C=O) groups is 1. The molecular formula is C15H15BrN2OS. The van der Waals surface area contributed by atoms with Gasteiger partial charge in [-0.05, 0) is 51.7 Å². The van der Waals surface area contributed by atoms with E-state index in [0.29, 0.717) is 6.42 Å². The number of nitrogens with zero attached hydrogens (tertiary/aromatic N) is 1. The van der Waals surface area contributed by atoms with E-state index in [1.54, 1.807) is 16.2 Å². The van der Waals surface area contributed by atoms with Crippen molar-refractivity contribution in [2.45, 2.75) is 19.4 Å². The highest BCUT2D eigenvalue weighted by Gasteiger charge is 2.25. The van der Waals surface area contributed by atoms with Crippen molar-refractivity contribution in [1.82, 2.24) is 0 Å². The van der Waals surface area contributed by atoms with Crippen LogP contribution in [-0.4, -0.2) is 13.0 Å². The van der Waals surface area contributed by atoms with Gasteiger partial charge in [-0.3, -0.25) is 4.79 Å². The number of hydrogen-bond acceptors (Lipinski definition) is 3. The third-order valence-electron chi connectivity index (χ3n) is 3.72. The summed E-state index contributed by atoms with van der Waals surface area (Å²) in [6.07, 6.45) is 0.472. The first kappa shape index (κ1) is 13.8. The Kier molecular flexibility index (Phi) is 3.44. The molecule has 2 heterocycles. The number of fused-ring (bicyclic) bond motifs is 1. The molecule has 1 unspecified atom stereocenters. The standard InChI is InChI=1S/C15H15BrN2OS/c1-8-5-12(20-15(8)16)14(17)9-3-4-11-10(6-9)7-13(19)18(11)2/h3-6,14H,7,17H2,1-2H3. The number of benzene rings is 1. The third kappa shape index (κ3) is 2.20. The Hall–Kier alpha value is -1.17. The lowest BCUT2D eigenvalue weighted by Gasteiger charge is -2.13. The van der Waals surface area contributed by atoms with Crippen molar-refractivity contribution in [1.29, 1.82) is 0 Å². The normalized spacial score (nSPS) is 15.6. The Morgan fingerprint density at radius 3 is 2.80 bits per heavy atom. The quantitative estimate of drug-likeness (QED) is 0.902. The van der Waals surface area contributed by atoms with Crippen molar-refractivity contribution in [3.63, 3.8) is 0 Å². The van der Waals surface area contributed by atoms with Crippen LogP contribution in [0.3, 0.4) is 0 Å². The molecule has 1 aromatic carbocycles. The summed E-state index contributed by atoms with van der Waals surface area (Å²) in [4.78, 5) is 14.6. The molecule has 0 spiro atoms. The molecule has 3 nitrogen and oxygen atoms in total. The van der Waals surface area contributed by atoms with E-state index in [9.17, 15) is 4.79 Å². The van der Waals surface area contributed by atoms with Gasteiger partial charge in [0.15, 0.2) is 0 Å². The Morgan fingerprint density at radius 1 is 1.40 bits per heavy atom. The highest BCUT2D eigenvalue weighted by atomic mass is 79.9. The smallest absolute Gasteiger partial charge is 0.231 e. The third-order valence-corrected chi connectivity index (χ3v) is 5.94. The Labute approximate surface area is 130 Å². The number of carbonyl (C=O) groups excluding carboxylic acids is 1. The van der Waals surface area contributed by atoms with Gasteiger partial charge < -0.3 is 10.6 Å². The molecule has 1 amide bonds. The number of hydrogen-bond donors (Lipinski definition) is 1. The van der Waals surface area contributed by atoms with E-state index >= 15 is 0 Å². The van der Waals surface area contributed by atoms with E-state index in [1.165, 1.54) is 5.56 Å². The predicted molar refractivity (Wildman–Crippen MR) is 86.3 cm³/mol. The summed E-state index contributed by atoms with van der Waals surface area (Å²) in [5, 5.41) is 0. The van der Waals surface area contributed by atoms with E-state index in [1.807, 2.05) is 19.2 Å². The van der Waals surface area contributed by atoms with Gasteiger partial charge in [0, 0.05) is 17.6 Å². The largest absolute Gasteiger partial charge is 0.320 e. The van der Waals surface area contributed by atoms with E-state index < -0.39 is 0 Å². The maximum atomic E-state index is 11.7. The van der Waals surface area contributed by atoms with Crippen LogP contribution >= 0.6 is 27.3 Å². The van der Waals surface area contributed by atoms with Gasteiger partial charge in [-0.15, -0.1) is 11.3 Å². The predicted octanol–water partition coefficient (Wildman–Crippen LogP) is 3.39. The average molecular weight is 351 g/mol. The van der Waals surface area contributed by atoms with Crippen LogP contribution in [0.5, 0.6) is 0 Å². The topological polar surface area (TPSA) is 46.3 Å². The molecule has 1 aromatic heterocycles. The molecule has 1 aliphatic heterocycles. The van der Waals surface area contributed by atoms with Gasteiger partial charge in [0.1, 0.15) is 0 Å². The number of anilines is 1. The minimum Gasteiger partial charge on any atom is -0.320 e. The fraction of sp³-hybridized carbons (Fsp3) is 0.267. The first-order valence-electron chi connectivity index (χ1n) is 6.38. The number of nitrogens with two attached hydrogens (primary N) is 1. The molecule has 0 fully saturated rings. The average Bonchev–Trinajstić information content (AvgIpc) is 2.90. The van der Waals surface area contributed by atoms with Crippen LogP contribution in [0.2, 0.25) is 0 Å². The number of likely N-dealkylation sites (N-methyl/N-ethyl adjacent to an activating group) is 1. The summed E-state index contributed by atoms with van der Waals surface area (Å²) >= 11 is 5.20.